The molecule has 1 aromatic carbocycles. The minimum Gasteiger partial charge on any atom is -0.484 e. The molecule has 136 valence electrons. The molecule has 0 unspecified atom stereocenters. The summed E-state index contributed by atoms with van der Waals surface area (Å²) < 4.78 is 5.13. The number of nitrogens with one attached hydrogen (secondary N) is 2. The molecule has 0 aliphatic heterocycles. The summed E-state index contributed by atoms with van der Waals surface area (Å²) in [5.41, 5.74) is 5.58. The van der Waals surface area contributed by atoms with Crippen molar-refractivity contribution in [2.45, 2.75) is 38.5 Å². The van der Waals surface area contributed by atoms with Crippen LogP contribution in [0.1, 0.15) is 38.5 Å². The first-order chi connectivity index (χ1) is 12.0. The molecule has 7 heteroatoms. The Labute approximate surface area is 147 Å². The molecule has 1 fully saturated rings. The average Bonchev–Trinajstić information content (AvgIpc) is 3.11. The first kappa shape index (κ1) is 18.8. The van der Waals surface area contributed by atoms with E-state index in [1.165, 1.54) is 25.7 Å². The van der Waals surface area contributed by atoms with Crippen LogP contribution in [0.2, 0.25) is 0 Å². The Kier molecular flexibility index (Phi) is 7.25. The molecule has 0 spiro atoms. The molecule has 0 radical (unpaired) electrons. The fourth-order valence-electron chi connectivity index (χ4n) is 2.90. The summed E-state index contributed by atoms with van der Waals surface area (Å²) >= 11 is 0. The SMILES string of the molecule is NC(=O)COc1ccc(NC(=O)CNC(=O)CCC2CCCC2)cc1. The van der Waals surface area contributed by atoms with Gasteiger partial charge in [-0.1, -0.05) is 25.7 Å². The molecule has 0 atom stereocenters. The second-order valence-corrected chi connectivity index (χ2v) is 6.29. The third kappa shape index (κ3) is 7.24. The molecule has 1 aliphatic carbocycles. The van der Waals surface area contributed by atoms with Crippen molar-refractivity contribution < 1.29 is 19.1 Å². The number of ether oxygens (including phenoxy) is 1. The summed E-state index contributed by atoms with van der Waals surface area (Å²) in [5.74, 6) is 0.213. The Bertz CT molecular complexity index is 595. The molecule has 2 rings (SSSR count). The number of primary amides is 1. The number of hydrogen-bond donors (Lipinski definition) is 3. The van der Waals surface area contributed by atoms with Crippen LogP contribution in [0.15, 0.2) is 24.3 Å². The third-order valence-electron chi connectivity index (χ3n) is 4.22. The zero-order chi connectivity index (χ0) is 18.1. The zero-order valence-electron chi connectivity index (χ0n) is 14.3. The van der Waals surface area contributed by atoms with E-state index in [-0.39, 0.29) is 25.0 Å². The minimum atomic E-state index is -0.555. The number of hydrogen-bond acceptors (Lipinski definition) is 4. The van der Waals surface area contributed by atoms with E-state index in [0.29, 0.717) is 23.8 Å². The molecule has 0 heterocycles. The summed E-state index contributed by atoms with van der Waals surface area (Å²) in [6.07, 6.45) is 6.34. The van der Waals surface area contributed by atoms with Crippen molar-refractivity contribution in [2.75, 3.05) is 18.5 Å². The molecule has 4 N–H and O–H groups in total. The van der Waals surface area contributed by atoms with Crippen molar-refractivity contribution in [2.24, 2.45) is 11.7 Å². The summed E-state index contributed by atoms with van der Waals surface area (Å²) in [5, 5.41) is 5.33. The highest BCUT2D eigenvalue weighted by Crippen LogP contribution is 2.28. The Morgan fingerprint density at radius 2 is 1.76 bits per heavy atom. The van der Waals surface area contributed by atoms with Crippen LogP contribution in [-0.2, 0) is 14.4 Å². The van der Waals surface area contributed by atoms with Crippen LogP contribution in [0, 0.1) is 5.92 Å². The number of benzene rings is 1. The van der Waals surface area contributed by atoms with Crippen LogP contribution in [0.5, 0.6) is 5.75 Å². The molecular formula is C18H25N3O4. The Morgan fingerprint density at radius 1 is 1.08 bits per heavy atom. The van der Waals surface area contributed by atoms with E-state index in [9.17, 15) is 14.4 Å². The normalized spacial score (nSPS) is 14.1. The topological polar surface area (TPSA) is 111 Å². The highest BCUT2D eigenvalue weighted by molar-refractivity contribution is 5.94. The number of nitrogens with two attached hydrogens (primary N) is 1. The zero-order valence-corrected chi connectivity index (χ0v) is 14.3. The lowest BCUT2D eigenvalue weighted by atomic mass is 10.0. The molecule has 7 nitrogen and oxygen atoms in total. The maximum Gasteiger partial charge on any atom is 0.255 e. The third-order valence-corrected chi connectivity index (χ3v) is 4.22. The number of carbonyl (C=O) groups is 3. The fraction of sp³-hybridized carbons (Fsp3) is 0.500. The maximum atomic E-state index is 11.9. The van der Waals surface area contributed by atoms with Gasteiger partial charge in [-0.3, -0.25) is 14.4 Å². The monoisotopic (exact) mass is 347 g/mol. The van der Waals surface area contributed by atoms with Gasteiger partial charge in [-0.25, -0.2) is 0 Å². The molecule has 1 saturated carbocycles. The lowest BCUT2D eigenvalue weighted by Crippen LogP contribution is -2.32. The second kappa shape index (κ2) is 9.66. The molecule has 1 aliphatic rings. The summed E-state index contributed by atoms with van der Waals surface area (Å²) in [6, 6.07) is 6.55. The van der Waals surface area contributed by atoms with E-state index in [2.05, 4.69) is 10.6 Å². The first-order valence-electron chi connectivity index (χ1n) is 8.60. The van der Waals surface area contributed by atoms with Crippen molar-refractivity contribution in [3.05, 3.63) is 24.3 Å². The largest absolute Gasteiger partial charge is 0.484 e. The van der Waals surface area contributed by atoms with Gasteiger partial charge in [-0.05, 0) is 36.6 Å². The molecule has 3 amide bonds. The Balaban J connectivity index is 1.65. The van der Waals surface area contributed by atoms with Crippen molar-refractivity contribution in [3.8, 4) is 5.75 Å². The average molecular weight is 347 g/mol. The van der Waals surface area contributed by atoms with Crippen LogP contribution in [0.3, 0.4) is 0 Å². The molecule has 25 heavy (non-hydrogen) atoms. The van der Waals surface area contributed by atoms with E-state index >= 15 is 0 Å². The number of amides is 3. The van der Waals surface area contributed by atoms with Gasteiger partial charge < -0.3 is 21.1 Å². The molecule has 0 saturated heterocycles. The lowest BCUT2D eigenvalue weighted by Gasteiger charge is -2.10. The second-order valence-electron chi connectivity index (χ2n) is 6.29. The van der Waals surface area contributed by atoms with Gasteiger partial charge in [0.1, 0.15) is 5.75 Å². The van der Waals surface area contributed by atoms with Gasteiger partial charge >= 0.3 is 0 Å². The van der Waals surface area contributed by atoms with Gasteiger partial charge in [0.2, 0.25) is 11.8 Å². The standard InChI is InChI=1S/C18H25N3O4/c19-16(22)12-25-15-8-6-14(7-9-15)21-18(24)11-20-17(23)10-5-13-3-1-2-4-13/h6-9,13H,1-5,10-12H2,(H2,19,22)(H,20,23)(H,21,24). The van der Waals surface area contributed by atoms with Gasteiger partial charge in [-0.2, -0.15) is 0 Å². The summed E-state index contributed by atoms with van der Waals surface area (Å²) in [6.45, 7) is -0.248. The molecule has 0 aromatic heterocycles. The predicted octanol–water partition coefficient (Wildman–Crippen LogP) is 1.58. The molecule has 0 bridgehead atoms. The Hall–Kier alpha value is -2.57. The number of rotatable bonds is 9. The molecular weight excluding hydrogens is 322 g/mol. The quantitative estimate of drug-likeness (QED) is 0.630. The van der Waals surface area contributed by atoms with E-state index in [4.69, 9.17) is 10.5 Å². The number of carbonyl (C=O) groups excluding carboxylic acids is 3. The van der Waals surface area contributed by atoms with Crippen LogP contribution in [-0.4, -0.2) is 30.9 Å². The van der Waals surface area contributed by atoms with E-state index in [0.717, 1.165) is 6.42 Å². The minimum absolute atomic E-state index is 0.0522. The van der Waals surface area contributed by atoms with E-state index in [1.807, 2.05) is 0 Å². The van der Waals surface area contributed by atoms with Crippen LogP contribution >= 0.6 is 0 Å². The first-order valence-corrected chi connectivity index (χ1v) is 8.60. The van der Waals surface area contributed by atoms with Gasteiger partial charge in [0.25, 0.3) is 5.91 Å². The lowest BCUT2D eigenvalue weighted by molar-refractivity contribution is -0.124. The predicted molar refractivity (Wildman–Crippen MR) is 94.0 cm³/mol. The highest BCUT2D eigenvalue weighted by Gasteiger charge is 2.16. The maximum absolute atomic E-state index is 11.9. The van der Waals surface area contributed by atoms with Gasteiger partial charge in [0.15, 0.2) is 6.61 Å². The van der Waals surface area contributed by atoms with Crippen molar-refractivity contribution in [1.82, 2.24) is 5.32 Å². The van der Waals surface area contributed by atoms with E-state index < -0.39 is 5.91 Å². The van der Waals surface area contributed by atoms with E-state index in [1.54, 1.807) is 24.3 Å². The van der Waals surface area contributed by atoms with Crippen molar-refractivity contribution in [3.63, 3.8) is 0 Å². The van der Waals surface area contributed by atoms with Crippen molar-refractivity contribution >= 4 is 23.4 Å². The van der Waals surface area contributed by atoms with Gasteiger partial charge in [0.05, 0.1) is 6.54 Å². The molecule has 1 aromatic rings. The Morgan fingerprint density at radius 3 is 2.40 bits per heavy atom. The smallest absolute Gasteiger partial charge is 0.255 e. The van der Waals surface area contributed by atoms with Gasteiger partial charge in [0, 0.05) is 12.1 Å². The van der Waals surface area contributed by atoms with Crippen LogP contribution in [0.4, 0.5) is 5.69 Å². The van der Waals surface area contributed by atoms with Crippen LogP contribution in [0.25, 0.3) is 0 Å². The number of anilines is 1. The van der Waals surface area contributed by atoms with Crippen molar-refractivity contribution in [1.29, 1.82) is 0 Å². The van der Waals surface area contributed by atoms with Gasteiger partial charge in [-0.15, -0.1) is 0 Å². The fourth-order valence-corrected chi connectivity index (χ4v) is 2.90. The summed E-state index contributed by atoms with van der Waals surface area (Å²) in [4.78, 5) is 34.3. The van der Waals surface area contributed by atoms with Crippen LogP contribution < -0.4 is 21.1 Å². The summed E-state index contributed by atoms with van der Waals surface area (Å²) in [7, 11) is 0. The highest BCUT2D eigenvalue weighted by atomic mass is 16.5.